The third-order valence-corrected chi connectivity index (χ3v) is 3.25. The van der Waals surface area contributed by atoms with Gasteiger partial charge in [0, 0.05) is 11.1 Å². The number of nitrogens with zero attached hydrogens (tertiary/aromatic N) is 1. The van der Waals surface area contributed by atoms with Crippen LogP contribution in [0.15, 0.2) is 36.4 Å². The Labute approximate surface area is 121 Å². The van der Waals surface area contributed by atoms with E-state index in [1.165, 1.54) is 12.1 Å². The zero-order chi connectivity index (χ0) is 14.7. The molecule has 0 aliphatic rings. The van der Waals surface area contributed by atoms with Crippen molar-refractivity contribution < 1.29 is 9.66 Å². The number of halogens is 1. The summed E-state index contributed by atoms with van der Waals surface area (Å²) < 4.78 is 5.58. The molecule has 0 aliphatic heterocycles. The molecule has 0 spiro atoms. The van der Waals surface area contributed by atoms with Crippen molar-refractivity contribution in [3.63, 3.8) is 0 Å². The minimum Gasteiger partial charge on any atom is -0.489 e. The fraction of sp³-hybridized carbons (Fsp3) is 0.143. The van der Waals surface area contributed by atoms with E-state index in [-0.39, 0.29) is 18.0 Å². The molecule has 2 aromatic rings. The number of nitrogens with two attached hydrogens (primary N) is 1. The summed E-state index contributed by atoms with van der Waals surface area (Å²) in [5.41, 5.74) is 7.15. The van der Waals surface area contributed by atoms with Gasteiger partial charge in [0.05, 0.1) is 4.92 Å². The second-order valence-electron chi connectivity index (χ2n) is 4.35. The molecule has 2 rings (SSSR count). The number of hydrogen-bond acceptors (Lipinski definition) is 4. The lowest BCUT2D eigenvalue weighted by Gasteiger charge is -2.08. The number of benzene rings is 2. The molecule has 0 aromatic heterocycles. The molecule has 20 heavy (non-hydrogen) atoms. The molecule has 0 saturated heterocycles. The summed E-state index contributed by atoms with van der Waals surface area (Å²) in [5, 5.41) is 11.5. The summed E-state index contributed by atoms with van der Waals surface area (Å²) in [6.45, 7) is 2.10. The number of nitro groups is 1. The first-order chi connectivity index (χ1) is 9.47. The molecule has 2 aromatic carbocycles. The number of nitrogen functional groups attached to an aromatic ring is 1. The van der Waals surface area contributed by atoms with E-state index in [9.17, 15) is 10.1 Å². The Kier molecular flexibility index (Phi) is 4.10. The summed E-state index contributed by atoms with van der Waals surface area (Å²) >= 11 is 5.93. The number of nitro benzene ring substituents is 1. The van der Waals surface area contributed by atoms with Crippen LogP contribution in [-0.4, -0.2) is 4.92 Å². The first kappa shape index (κ1) is 14.1. The number of rotatable bonds is 4. The van der Waals surface area contributed by atoms with Gasteiger partial charge >= 0.3 is 0 Å². The molecule has 2 N–H and O–H groups in total. The van der Waals surface area contributed by atoms with Crippen LogP contribution in [0, 0.1) is 17.0 Å². The van der Waals surface area contributed by atoms with Crippen LogP contribution in [0.5, 0.6) is 5.75 Å². The van der Waals surface area contributed by atoms with Crippen LogP contribution in [-0.2, 0) is 6.61 Å². The van der Waals surface area contributed by atoms with Crippen molar-refractivity contribution in [1.82, 2.24) is 0 Å². The molecule has 0 amide bonds. The predicted molar refractivity (Wildman–Crippen MR) is 78.0 cm³/mol. The lowest BCUT2D eigenvalue weighted by atomic mass is 10.2. The predicted octanol–water partition coefficient (Wildman–Crippen LogP) is 3.72. The van der Waals surface area contributed by atoms with Gasteiger partial charge < -0.3 is 10.5 Å². The van der Waals surface area contributed by atoms with Crippen molar-refractivity contribution in [2.24, 2.45) is 0 Å². The Morgan fingerprint density at radius 2 is 2.05 bits per heavy atom. The number of anilines is 1. The largest absolute Gasteiger partial charge is 0.489 e. The van der Waals surface area contributed by atoms with Crippen molar-refractivity contribution in [3.05, 3.63) is 62.7 Å². The van der Waals surface area contributed by atoms with Gasteiger partial charge in [-0.15, -0.1) is 0 Å². The quantitative estimate of drug-likeness (QED) is 0.529. The van der Waals surface area contributed by atoms with E-state index in [1.54, 1.807) is 18.2 Å². The number of hydrogen-bond donors (Lipinski definition) is 1. The van der Waals surface area contributed by atoms with E-state index in [0.29, 0.717) is 16.3 Å². The molecule has 0 radical (unpaired) electrons. The van der Waals surface area contributed by atoms with E-state index < -0.39 is 4.92 Å². The van der Waals surface area contributed by atoms with Gasteiger partial charge in [0.15, 0.2) is 0 Å². The molecule has 0 aliphatic carbocycles. The fourth-order valence-corrected chi connectivity index (χ4v) is 1.83. The normalized spacial score (nSPS) is 10.3. The zero-order valence-corrected chi connectivity index (χ0v) is 11.6. The lowest BCUT2D eigenvalue weighted by molar-refractivity contribution is -0.384. The minimum absolute atomic E-state index is 0.113. The van der Waals surface area contributed by atoms with Crippen LogP contribution in [0.1, 0.15) is 11.1 Å². The average molecular weight is 293 g/mol. The van der Waals surface area contributed by atoms with Gasteiger partial charge in [0.25, 0.3) is 5.69 Å². The molecule has 0 fully saturated rings. The maximum Gasteiger partial charge on any atom is 0.292 e. The Hall–Kier alpha value is -2.27. The third kappa shape index (κ3) is 3.19. The van der Waals surface area contributed by atoms with Crippen molar-refractivity contribution in [2.45, 2.75) is 13.5 Å². The molecular formula is C14H13ClN2O3. The Morgan fingerprint density at radius 1 is 1.30 bits per heavy atom. The molecule has 0 bridgehead atoms. The topological polar surface area (TPSA) is 78.4 Å². The SMILES string of the molecule is Cc1cc(OCc2ccc(N)c([N+](=O)[O-])c2)ccc1Cl. The summed E-state index contributed by atoms with van der Waals surface area (Å²) in [6, 6.07) is 9.93. The molecule has 0 atom stereocenters. The fourth-order valence-electron chi connectivity index (χ4n) is 1.71. The van der Waals surface area contributed by atoms with Crippen molar-refractivity contribution in [3.8, 4) is 5.75 Å². The molecule has 6 heteroatoms. The van der Waals surface area contributed by atoms with Crippen LogP contribution in [0.25, 0.3) is 0 Å². The van der Waals surface area contributed by atoms with Crippen molar-refractivity contribution >= 4 is 23.0 Å². The second kappa shape index (κ2) is 5.79. The van der Waals surface area contributed by atoms with Crippen LogP contribution in [0.3, 0.4) is 0 Å². The highest BCUT2D eigenvalue weighted by Gasteiger charge is 2.12. The third-order valence-electron chi connectivity index (χ3n) is 2.83. The second-order valence-corrected chi connectivity index (χ2v) is 4.76. The first-order valence-electron chi connectivity index (χ1n) is 5.89. The molecule has 0 saturated carbocycles. The first-order valence-corrected chi connectivity index (χ1v) is 6.27. The van der Waals surface area contributed by atoms with Gasteiger partial charge in [-0.25, -0.2) is 0 Å². The minimum atomic E-state index is -0.509. The van der Waals surface area contributed by atoms with Crippen LogP contribution in [0.2, 0.25) is 5.02 Å². The van der Waals surface area contributed by atoms with E-state index in [0.717, 1.165) is 5.56 Å². The summed E-state index contributed by atoms with van der Waals surface area (Å²) in [7, 11) is 0. The van der Waals surface area contributed by atoms with Crippen LogP contribution in [0.4, 0.5) is 11.4 Å². The highest BCUT2D eigenvalue weighted by molar-refractivity contribution is 6.31. The molecular weight excluding hydrogens is 280 g/mol. The highest BCUT2D eigenvalue weighted by Crippen LogP contribution is 2.25. The van der Waals surface area contributed by atoms with Crippen LogP contribution < -0.4 is 10.5 Å². The van der Waals surface area contributed by atoms with Gasteiger partial charge in [-0.2, -0.15) is 0 Å². The standard InChI is InChI=1S/C14H13ClN2O3/c1-9-6-11(3-4-12(9)15)20-8-10-2-5-13(16)14(7-10)17(18)19/h2-7H,8,16H2,1H3. The smallest absolute Gasteiger partial charge is 0.292 e. The maximum absolute atomic E-state index is 10.8. The van der Waals surface area contributed by atoms with Gasteiger partial charge in [-0.05, 0) is 42.3 Å². The van der Waals surface area contributed by atoms with Crippen molar-refractivity contribution in [1.29, 1.82) is 0 Å². The summed E-state index contributed by atoms with van der Waals surface area (Å²) in [4.78, 5) is 10.3. The summed E-state index contributed by atoms with van der Waals surface area (Å²) in [5.74, 6) is 0.659. The van der Waals surface area contributed by atoms with Gasteiger partial charge in [-0.1, -0.05) is 17.7 Å². The molecule has 0 unspecified atom stereocenters. The lowest BCUT2D eigenvalue weighted by Crippen LogP contribution is -2.00. The zero-order valence-electron chi connectivity index (χ0n) is 10.8. The van der Waals surface area contributed by atoms with E-state index in [1.807, 2.05) is 13.0 Å². The van der Waals surface area contributed by atoms with E-state index >= 15 is 0 Å². The Morgan fingerprint density at radius 3 is 2.70 bits per heavy atom. The Bertz CT molecular complexity index is 659. The van der Waals surface area contributed by atoms with Gasteiger partial charge in [-0.3, -0.25) is 10.1 Å². The molecule has 104 valence electrons. The average Bonchev–Trinajstić information content (AvgIpc) is 2.41. The monoisotopic (exact) mass is 292 g/mol. The van der Waals surface area contributed by atoms with Gasteiger partial charge in [0.2, 0.25) is 0 Å². The van der Waals surface area contributed by atoms with Crippen LogP contribution >= 0.6 is 11.6 Å². The van der Waals surface area contributed by atoms with E-state index in [2.05, 4.69) is 0 Å². The van der Waals surface area contributed by atoms with E-state index in [4.69, 9.17) is 22.1 Å². The number of ether oxygens (including phenoxy) is 1. The maximum atomic E-state index is 10.8. The molecule has 0 heterocycles. The molecule has 5 nitrogen and oxygen atoms in total. The van der Waals surface area contributed by atoms with Crippen molar-refractivity contribution in [2.75, 3.05) is 5.73 Å². The van der Waals surface area contributed by atoms with Gasteiger partial charge in [0.1, 0.15) is 18.0 Å². The number of aryl methyl sites for hydroxylation is 1. The highest BCUT2D eigenvalue weighted by atomic mass is 35.5. The Balaban J connectivity index is 2.12. The summed E-state index contributed by atoms with van der Waals surface area (Å²) in [6.07, 6.45) is 0.